The lowest BCUT2D eigenvalue weighted by Crippen LogP contribution is -1.93. The highest BCUT2D eigenvalue weighted by Crippen LogP contribution is 2.41. The number of rotatable bonds is 3. The Bertz CT molecular complexity index is 2420. The molecule has 4 nitrogen and oxygen atoms in total. The molecule has 0 spiro atoms. The Hall–Kier alpha value is -5.87. The SMILES string of the molecule is c1ccc(-c2nc(-c3cccc(-c4c5ccc6ccccc6c5nc5c4ccc4ccccc45)c3)n3ccccc23)nc1. The molecule has 200 valence electrons. The zero-order valence-corrected chi connectivity index (χ0v) is 23.1. The molecular formula is C39H24N4. The van der Waals surface area contributed by atoms with Crippen LogP contribution in [0.1, 0.15) is 0 Å². The van der Waals surface area contributed by atoms with E-state index < -0.39 is 0 Å². The first-order valence-electron chi connectivity index (χ1n) is 14.5. The minimum atomic E-state index is 0.860. The number of aromatic nitrogens is 4. The average molecular weight is 549 g/mol. The highest BCUT2D eigenvalue weighted by Gasteiger charge is 2.18. The summed E-state index contributed by atoms with van der Waals surface area (Å²) in [5.74, 6) is 0.886. The second-order valence-electron chi connectivity index (χ2n) is 10.9. The molecule has 4 heterocycles. The molecule has 0 saturated carbocycles. The monoisotopic (exact) mass is 548 g/mol. The smallest absolute Gasteiger partial charge is 0.145 e. The van der Waals surface area contributed by atoms with Crippen molar-refractivity contribution in [2.45, 2.75) is 0 Å². The van der Waals surface area contributed by atoms with Gasteiger partial charge in [0.15, 0.2) is 0 Å². The van der Waals surface area contributed by atoms with Crippen molar-refractivity contribution in [2.24, 2.45) is 0 Å². The molecule has 0 radical (unpaired) electrons. The van der Waals surface area contributed by atoms with E-state index in [0.717, 1.165) is 66.4 Å². The fraction of sp³-hybridized carbons (Fsp3) is 0. The van der Waals surface area contributed by atoms with Crippen molar-refractivity contribution >= 4 is 48.9 Å². The van der Waals surface area contributed by atoms with Crippen LogP contribution in [-0.2, 0) is 0 Å². The normalized spacial score (nSPS) is 11.7. The van der Waals surface area contributed by atoms with Gasteiger partial charge in [0.05, 0.1) is 22.2 Å². The summed E-state index contributed by atoms with van der Waals surface area (Å²) < 4.78 is 2.16. The number of fused-ring (bicyclic) bond motifs is 7. The molecule has 0 aliphatic heterocycles. The molecule has 0 N–H and O–H groups in total. The van der Waals surface area contributed by atoms with Gasteiger partial charge in [-0.1, -0.05) is 103 Å². The van der Waals surface area contributed by atoms with Crippen molar-refractivity contribution in [2.75, 3.05) is 0 Å². The molecule has 0 unspecified atom stereocenters. The van der Waals surface area contributed by atoms with Crippen molar-refractivity contribution < 1.29 is 0 Å². The van der Waals surface area contributed by atoms with Crippen LogP contribution in [0, 0.1) is 0 Å². The van der Waals surface area contributed by atoms with Gasteiger partial charge < -0.3 is 0 Å². The van der Waals surface area contributed by atoms with E-state index in [2.05, 4.69) is 119 Å². The van der Waals surface area contributed by atoms with Gasteiger partial charge in [0.2, 0.25) is 0 Å². The molecule has 0 amide bonds. The molecule has 5 aromatic carbocycles. The Labute approximate surface area is 247 Å². The third kappa shape index (κ3) is 3.67. The predicted octanol–water partition coefficient (Wildman–Crippen LogP) is 9.74. The lowest BCUT2D eigenvalue weighted by atomic mass is 9.92. The summed E-state index contributed by atoms with van der Waals surface area (Å²) in [7, 11) is 0. The van der Waals surface area contributed by atoms with Crippen LogP contribution in [0.5, 0.6) is 0 Å². The Morgan fingerprint density at radius 1 is 0.488 bits per heavy atom. The highest BCUT2D eigenvalue weighted by atomic mass is 15.0. The van der Waals surface area contributed by atoms with E-state index in [4.69, 9.17) is 9.97 Å². The maximum absolute atomic E-state index is 5.36. The fourth-order valence-corrected chi connectivity index (χ4v) is 6.47. The van der Waals surface area contributed by atoms with Gasteiger partial charge in [-0.05, 0) is 46.7 Å². The molecular weight excluding hydrogens is 524 g/mol. The highest BCUT2D eigenvalue weighted by molar-refractivity contribution is 6.21. The average Bonchev–Trinajstić information content (AvgIpc) is 3.47. The Morgan fingerprint density at radius 2 is 1.16 bits per heavy atom. The van der Waals surface area contributed by atoms with Crippen LogP contribution in [0.4, 0.5) is 0 Å². The van der Waals surface area contributed by atoms with Gasteiger partial charge in [0, 0.05) is 45.1 Å². The van der Waals surface area contributed by atoms with E-state index in [0.29, 0.717) is 0 Å². The van der Waals surface area contributed by atoms with Crippen molar-refractivity contribution in [3.05, 3.63) is 146 Å². The van der Waals surface area contributed by atoms with Crippen LogP contribution < -0.4 is 0 Å². The minimum Gasteiger partial charge on any atom is -0.299 e. The Morgan fingerprint density at radius 3 is 1.88 bits per heavy atom. The van der Waals surface area contributed by atoms with Gasteiger partial charge >= 0.3 is 0 Å². The van der Waals surface area contributed by atoms with Crippen molar-refractivity contribution in [1.29, 1.82) is 0 Å². The first-order chi connectivity index (χ1) is 21.3. The van der Waals surface area contributed by atoms with Crippen molar-refractivity contribution in [3.63, 3.8) is 0 Å². The molecule has 9 aromatic rings. The number of benzene rings is 5. The van der Waals surface area contributed by atoms with Gasteiger partial charge in [-0.3, -0.25) is 9.38 Å². The molecule has 0 saturated heterocycles. The first-order valence-corrected chi connectivity index (χ1v) is 14.5. The maximum atomic E-state index is 5.36. The molecule has 9 rings (SSSR count). The lowest BCUT2D eigenvalue weighted by molar-refractivity contribution is 1.16. The zero-order chi connectivity index (χ0) is 28.3. The van der Waals surface area contributed by atoms with Crippen LogP contribution >= 0.6 is 0 Å². The number of hydrogen-bond acceptors (Lipinski definition) is 3. The van der Waals surface area contributed by atoms with E-state index in [1.807, 2.05) is 36.5 Å². The topological polar surface area (TPSA) is 43.1 Å². The quantitative estimate of drug-likeness (QED) is 0.163. The fourth-order valence-electron chi connectivity index (χ4n) is 6.47. The summed E-state index contributed by atoms with van der Waals surface area (Å²) in [5.41, 5.74) is 8.16. The number of pyridine rings is 3. The molecule has 0 aliphatic rings. The van der Waals surface area contributed by atoms with Gasteiger partial charge in [-0.2, -0.15) is 0 Å². The van der Waals surface area contributed by atoms with E-state index in [-0.39, 0.29) is 0 Å². The lowest BCUT2D eigenvalue weighted by Gasteiger charge is -2.15. The van der Waals surface area contributed by atoms with E-state index in [1.165, 1.54) is 16.3 Å². The van der Waals surface area contributed by atoms with Crippen LogP contribution in [0.15, 0.2) is 146 Å². The summed E-state index contributed by atoms with van der Waals surface area (Å²) in [6.07, 6.45) is 3.89. The summed E-state index contributed by atoms with van der Waals surface area (Å²) in [6, 6.07) is 46.8. The van der Waals surface area contributed by atoms with Gasteiger partial charge in [-0.15, -0.1) is 0 Å². The van der Waals surface area contributed by atoms with Crippen LogP contribution in [0.25, 0.3) is 82.8 Å². The van der Waals surface area contributed by atoms with Crippen LogP contribution in [0.3, 0.4) is 0 Å². The third-order valence-electron chi connectivity index (χ3n) is 8.43. The Balaban J connectivity index is 1.35. The number of imidazole rings is 1. The summed E-state index contributed by atoms with van der Waals surface area (Å²) >= 11 is 0. The number of nitrogens with zero attached hydrogens (tertiary/aromatic N) is 4. The van der Waals surface area contributed by atoms with Crippen LogP contribution in [0.2, 0.25) is 0 Å². The molecule has 0 bridgehead atoms. The molecule has 4 aromatic heterocycles. The second kappa shape index (κ2) is 9.33. The minimum absolute atomic E-state index is 0.860. The van der Waals surface area contributed by atoms with Gasteiger partial charge in [-0.25, -0.2) is 9.97 Å². The van der Waals surface area contributed by atoms with E-state index >= 15 is 0 Å². The first kappa shape index (κ1) is 23.8. The maximum Gasteiger partial charge on any atom is 0.145 e. The van der Waals surface area contributed by atoms with E-state index in [9.17, 15) is 0 Å². The summed E-state index contributed by atoms with van der Waals surface area (Å²) in [6.45, 7) is 0. The predicted molar refractivity (Wildman–Crippen MR) is 177 cm³/mol. The van der Waals surface area contributed by atoms with Crippen LogP contribution in [-0.4, -0.2) is 19.4 Å². The van der Waals surface area contributed by atoms with Crippen molar-refractivity contribution in [3.8, 4) is 33.9 Å². The third-order valence-corrected chi connectivity index (χ3v) is 8.43. The van der Waals surface area contributed by atoms with Crippen molar-refractivity contribution in [1.82, 2.24) is 19.4 Å². The summed E-state index contributed by atoms with van der Waals surface area (Å²) in [5, 5.41) is 6.97. The number of hydrogen-bond donors (Lipinski definition) is 0. The van der Waals surface area contributed by atoms with E-state index in [1.54, 1.807) is 0 Å². The standard InChI is InChI=1S/C39H24N4/c1-3-14-29-25(10-1)18-20-31-35(32-21-19-26-11-2-4-15-30(26)37(32)41-36(29)31)27-12-9-13-28(24-27)39-42-38(33-16-5-7-22-40-33)34-17-6-8-23-43(34)39/h1-24H. The molecule has 0 fully saturated rings. The largest absolute Gasteiger partial charge is 0.299 e. The molecule has 0 aliphatic carbocycles. The Kier molecular flexibility index (Phi) is 5.16. The molecule has 4 heteroatoms. The summed E-state index contributed by atoms with van der Waals surface area (Å²) in [4.78, 5) is 15.1. The van der Waals surface area contributed by atoms with Gasteiger partial charge in [0.25, 0.3) is 0 Å². The molecule has 43 heavy (non-hydrogen) atoms. The van der Waals surface area contributed by atoms with Gasteiger partial charge in [0.1, 0.15) is 11.5 Å². The second-order valence-corrected chi connectivity index (χ2v) is 10.9. The molecule has 0 atom stereocenters. The zero-order valence-electron chi connectivity index (χ0n) is 23.1.